The van der Waals surface area contributed by atoms with E-state index in [2.05, 4.69) is 4.98 Å². The average Bonchev–Trinajstić information content (AvgIpc) is 2.45. The Kier molecular flexibility index (Phi) is 4.43. The van der Waals surface area contributed by atoms with Crippen molar-refractivity contribution in [2.45, 2.75) is 11.5 Å². The number of nitrogens with two attached hydrogens (primary N) is 1. The van der Waals surface area contributed by atoms with E-state index in [-0.39, 0.29) is 28.0 Å². The van der Waals surface area contributed by atoms with Crippen molar-refractivity contribution < 1.29 is 13.2 Å². The molecule has 0 saturated heterocycles. The lowest BCUT2D eigenvalue weighted by atomic mass is 10.2. The molecule has 0 atom stereocenters. The number of aromatic nitrogens is 1. The molecule has 0 aliphatic rings. The molecule has 2 rings (SSSR count). The number of nitrogens with zero attached hydrogens (tertiary/aromatic N) is 2. The van der Waals surface area contributed by atoms with Gasteiger partial charge in [0, 0.05) is 16.8 Å². The monoisotopic (exact) mass is 323 g/mol. The third kappa shape index (κ3) is 3.70. The lowest BCUT2D eigenvalue weighted by Gasteiger charge is -2.11. The first-order chi connectivity index (χ1) is 9.91. The van der Waals surface area contributed by atoms with Gasteiger partial charge >= 0.3 is 0 Å². The van der Waals surface area contributed by atoms with E-state index in [1.54, 1.807) is 12.1 Å². The molecule has 0 amide bonds. The molecule has 0 bridgehead atoms. The molecule has 0 fully saturated rings. The first-order valence-electron chi connectivity index (χ1n) is 5.71. The predicted octanol–water partition coefficient (Wildman–Crippen LogP) is 1.83. The summed E-state index contributed by atoms with van der Waals surface area (Å²) >= 11 is 5.76. The second kappa shape index (κ2) is 6.10. The summed E-state index contributed by atoms with van der Waals surface area (Å²) in [6.45, 7) is -0.0130. The quantitative estimate of drug-likeness (QED) is 0.923. The van der Waals surface area contributed by atoms with Crippen LogP contribution in [0.1, 0.15) is 11.3 Å². The zero-order valence-electron chi connectivity index (χ0n) is 10.7. The Balaban J connectivity index is 2.31. The van der Waals surface area contributed by atoms with Crippen molar-refractivity contribution in [1.82, 2.24) is 4.98 Å². The minimum Gasteiger partial charge on any atom is -0.487 e. The van der Waals surface area contributed by atoms with Crippen molar-refractivity contribution in [3.8, 4) is 11.8 Å². The van der Waals surface area contributed by atoms with Crippen molar-refractivity contribution >= 4 is 21.6 Å². The molecule has 0 spiro atoms. The van der Waals surface area contributed by atoms with Crippen LogP contribution in [0.3, 0.4) is 0 Å². The van der Waals surface area contributed by atoms with Crippen LogP contribution in [-0.4, -0.2) is 13.4 Å². The highest BCUT2D eigenvalue weighted by Crippen LogP contribution is 2.27. The number of benzene rings is 1. The lowest BCUT2D eigenvalue weighted by Crippen LogP contribution is -2.14. The summed E-state index contributed by atoms with van der Waals surface area (Å²) in [5.74, 6) is 0.0645. The van der Waals surface area contributed by atoms with Crippen molar-refractivity contribution in [3.05, 3.63) is 52.8 Å². The average molecular weight is 324 g/mol. The van der Waals surface area contributed by atoms with E-state index in [0.29, 0.717) is 5.56 Å². The highest BCUT2D eigenvalue weighted by atomic mass is 35.5. The summed E-state index contributed by atoms with van der Waals surface area (Å²) in [7, 11) is -3.97. The molecule has 0 saturated carbocycles. The minimum absolute atomic E-state index is 0.0130. The van der Waals surface area contributed by atoms with E-state index < -0.39 is 10.0 Å². The van der Waals surface area contributed by atoms with Crippen LogP contribution in [0.5, 0.6) is 5.75 Å². The number of nitriles is 1. The normalized spacial score (nSPS) is 10.9. The van der Waals surface area contributed by atoms with E-state index in [9.17, 15) is 8.42 Å². The molecular weight excluding hydrogens is 314 g/mol. The van der Waals surface area contributed by atoms with Gasteiger partial charge in [0.1, 0.15) is 29.0 Å². The zero-order valence-corrected chi connectivity index (χ0v) is 12.2. The molecule has 0 aliphatic heterocycles. The second-order valence-electron chi connectivity index (χ2n) is 4.05. The fraction of sp³-hybridized carbons (Fsp3) is 0.0769. The Morgan fingerprint density at radius 2 is 2.14 bits per heavy atom. The Bertz CT molecular complexity index is 816. The second-order valence-corrected chi connectivity index (χ2v) is 6.01. The third-order valence-corrected chi connectivity index (χ3v) is 3.76. The van der Waals surface area contributed by atoms with Crippen LogP contribution >= 0.6 is 11.6 Å². The van der Waals surface area contributed by atoms with Crippen LogP contribution in [-0.2, 0) is 16.6 Å². The molecule has 1 aromatic heterocycles. The van der Waals surface area contributed by atoms with E-state index in [1.807, 2.05) is 6.07 Å². The number of halogens is 1. The summed E-state index contributed by atoms with van der Waals surface area (Å²) in [5.41, 5.74) is 0.749. The molecule has 6 nitrogen and oxygen atoms in total. The SMILES string of the molecule is N#Cc1ncccc1COc1ccc(Cl)cc1S(N)(=O)=O. The van der Waals surface area contributed by atoms with Gasteiger partial charge in [0.25, 0.3) is 0 Å². The van der Waals surface area contributed by atoms with Crippen molar-refractivity contribution in [3.63, 3.8) is 0 Å². The van der Waals surface area contributed by atoms with Gasteiger partial charge in [-0.05, 0) is 24.3 Å². The summed E-state index contributed by atoms with van der Waals surface area (Å²) in [6.07, 6.45) is 1.49. The van der Waals surface area contributed by atoms with Gasteiger partial charge in [0.2, 0.25) is 10.0 Å². The van der Waals surface area contributed by atoms with Crippen LogP contribution in [0.2, 0.25) is 5.02 Å². The number of ether oxygens (including phenoxy) is 1. The van der Waals surface area contributed by atoms with Gasteiger partial charge in [-0.3, -0.25) is 0 Å². The van der Waals surface area contributed by atoms with E-state index >= 15 is 0 Å². The molecule has 8 heteroatoms. The molecule has 2 N–H and O–H groups in total. The number of hydrogen-bond donors (Lipinski definition) is 1. The lowest BCUT2D eigenvalue weighted by molar-refractivity contribution is 0.297. The number of hydrogen-bond acceptors (Lipinski definition) is 5. The fourth-order valence-electron chi connectivity index (χ4n) is 1.63. The topological polar surface area (TPSA) is 106 Å². The summed E-state index contributed by atoms with van der Waals surface area (Å²) < 4.78 is 28.5. The maximum atomic E-state index is 11.5. The molecule has 21 heavy (non-hydrogen) atoms. The molecular formula is C13H10ClN3O3S. The maximum Gasteiger partial charge on any atom is 0.241 e. The smallest absolute Gasteiger partial charge is 0.241 e. The number of rotatable bonds is 4. The molecule has 1 aromatic carbocycles. The predicted molar refractivity (Wildman–Crippen MR) is 76.1 cm³/mol. The minimum atomic E-state index is -3.97. The van der Waals surface area contributed by atoms with Crippen LogP contribution in [0, 0.1) is 11.3 Å². The Morgan fingerprint density at radius 1 is 1.38 bits per heavy atom. The molecule has 0 unspecified atom stereocenters. The van der Waals surface area contributed by atoms with Crippen LogP contribution < -0.4 is 9.88 Å². The van der Waals surface area contributed by atoms with Crippen molar-refractivity contribution in [2.75, 3.05) is 0 Å². The Labute approximate surface area is 126 Å². The van der Waals surface area contributed by atoms with Gasteiger partial charge in [0.15, 0.2) is 0 Å². The van der Waals surface area contributed by atoms with Crippen LogP contribution in [0.25, 0.3) is 0 Å². The zero-order chi connectivity index (χ0) is 15.5. The third-order valence-electron chi connectivity index (χ3n) is 2.59. The van der Waals surface area contributed by atoms with Gasteiger partial charge in [-0.25, -0.2) is 18.5 Å². The van der Waals surface area contributed by atoms with Gasteiger partial charge in [-0.15, -0.1) is 0 Å². The standard InChI is InChI=1S/C13H10ClN3O3S/c14-10-3-4-12(13(6-10)21(16,18)19)20-8-9-2-1-5-17-11(9)7-15/h1-6H,8H2,(H2,16,18,19). The Morgan fingerprint density at radius 3 is 2.81 bits per heavy atom. The first kappa shape index (κ1) is 15.3. The van der Waals surface area contributed by atoms with E-state index in [1.165, 1.54) is 24.4 Å². The van der Waals surface area contributed by atoms with Gasteiger partial charge in [-0.2, -0.15) is 5.26 Å². The molecule has 2 aromatic rings. The molecule has 1 heterocycles. The summed E-state index contributed by atoms with van der Waals surface area (Å²) in [6, 6.07) is 9.35. The fourth-order valence-corrected chi connectivity index (χ4v) is 2.57. The first-order valence-corrected chi connectivity index (χ1v) is 7.63. The van der Waals surface area contributed by atoms with E-state index in [0.717, 1.165) is 0 Å². The number of pyridine rings is 1. The van der Waals surface area contributed by atoms with Gasteiger partial charge in [0.05, 0.1) is 0 Å². The summed E-state index contributed by atoms with van der Waals surface area (Å²) in [4.78, 5) is 3.68. The van der Waals surface area contributed by atoms with Crippen molar-refractivity contribution in [1.29, 1.82) is 5.26 Å². The number of primary sulfonamides is 1. The van der Waals surface area contributed by atoms with Gasteiger partial charge < -0.3 is 4.74 Å². The van der Waals surface area contributed by atoms with Crippen molar-refractivity contribution in [2.24, 2.45) is 5.14 Å². The maximum absolute atomic E-state index is 11.5. The Hall–Kier alpha value is -2.14. The molecule has 0 radical (unpaired) electrons. The highest BCUT2D eigenvalue weighted by molar-refractivity contribution is 7.89. The van der Waals surface area contributed by atoms with Crippen LogP contribution in [0.4, 0.5) is 0 Å². The summed E-state index contributed by atoms with van der Waals surface area (Å²) in [5, 5.41) is 14.3. The number of sulfonamides is 1. The molecule has 0 aliphatic carbocycles. The van der Waals surface area contributed by atoms with Crippen LogP contribution in [0.15, 0.2) is 41.4 Å². The van der Waals surface area contributed by atoms with Gasteiger partial charge in [-0.1, -0.05) is 17.7 Å². The molecule has 108 valence electrons. The van der Waals surface area contributed by atoms with E-state index in [4.69, 9.17) is 26.7 Å². The highest BCUT2D eigenvalue weighted by Gasteiger charge is 2.16. The largest absolute Gasteiger partial charge is 0.487 e.